The first-order chi connectivity index (χ1) is 15.3. The highest BCUT2D eigenvalue weighted by atomic mass is 28.4. The number of carbonyl (C=O) groups is 1. The van der Waals surface area contributed by atoms with Crippen LogP contribution in [0.3, 0.4) is 0 Å². The van der Waals surface area contributed by atoms with Crippen LogP contribution < -0.4 is 10.4 Å². The van der Waals surface area contributed by atoms with Crippen LogP contribution >= 0.6 is 0 Å². The van der Waals surface area contributed by atoms with Crippen LogP contribution in [0.25, 0.3) is 0 Å². The predicted molar refractivity (Wildman–Crippen MR) is 135 cm³/mol. The van der Waals surface area contributed by atoms with E-state index in [1.807, 2.05) is 6.08 Å². The molecule has 1 aliphatic carbocycles. The maximum Gasteiger partial charge on any atom is 0.302 e. The predicted octanol–water partition coefficient (Wildman–Crippen LogP) is 5.41. The van der Waals surface area contributed by atoms with Gasteiger partial charge in [0.25, 0.3) is 8.32 Å². The van der Waals surface area contributed by atoms with Gasteiger partial charge in [-0.1, -0.05) is 93.6 Å². The highest BCUT2D eigenvalue weighted by Crippen LogP contribution is 2.37. The molecule has 0 aromatic heterocycles. The molecule has 170 valence electrons. The van der Waals surface area contributed by atoms with Gasteiger partial charge >= 0.3 is 5.97 Å². The molecule has 2 aromatic carbocycles. The minimum absolute atomic E-state index is 0.00597. The molecular weight excluding hydrogens is 412 g/mol. The number of carbonyl (C=O) groups excluding carboxylic acids is 1. The van der Waals surface area contributed by atoms with E-state index >= 15 is 0 Å². The molecule has 3 nitrogen and oxygen atoms in total. The molecule has 0 saturated heterocycles. The smallest absolute Gasteiger partial charge is 0.302 e. The Morgan fingerprint density at radius 2 is 1.62 bits per heavy atom. The number of hydrogen-bond donors (Lipinski definition) is 0. The van der Waals surface area contributed by atoms with Crippen LogP contribution in [0.4, 0.5) is 0 Å². The molecule has 0 amide bonds. The SMILES string of the molecule is CC(=O)OC/C=C\C1=CCCC1CCO[Si](c1ccccc1)(c1ccccc1)C(C)(C)C. The van der Waals surface area contributed by atoms with E-state index in [4.69, 9.17) is 9.16 Å². The van der Waals surface area contributed by atoms with Gasteiger partial charge in [0.15, 0.2) is 0 Å². The average molecular weight is 449 g/mol. The third-order valence-corrected chi connectivity index (χ3v) is 11.3. The number of rotatable bonds is 9. The fourth-order valence-electron chi connectivity index (χ4n) is 4.77. The zero-order valence-corrected chi connectivity index (χ0v) is 20.8. The van der Waals surface area contributed by atoms with E-state index in [9.17, 15) is 4.79 Å². The zero-order valence-electron chi connectivity index (χ0n) is 19.8. The van der Waals surface area contributed by atoms with Crippen molar-refractivity contribution in [2.24, 2.45) is 5.92 Å². The zero-order chi connectivity index (χ0) is 23.0. The van der Waals surface area contributed by atoms with Gasteiger partial charge in [-0.05, 0) is 52.2 Å². The Kier molecular flexibility index (Phi) is 8.27. The van der Waals surface area contributed by atoms with Crippen molar-refractivity contribution in [1.29, 1.82) is 0 Å². The van der Waals surface area contributed by atoms with Gasteiger partial charge in [0.05, 0.1) is 0 Å². The van der Waals surface area contributed by atoms with Crippen LogP contribution in [-0.2, 0) is 14.0 Å². The maximum atomic E-state index is 11.0. The first kappa shape index (κ1) is 24.2. The van der Waals surface area contributed by atoms with E-state index in [1.165, 1.54) is 22.9 Å². The van der Waals surface area contributed by atoms with Crippen molar-refractivity contribution in [2.75, 3.05) is 13.2 Å². The van der Waals surface area contributed by atoms with E-state index in [2.05, 4.69) is 93.6 Å². The minimum Gasteiger partial charge on any atom is -0.462 e. The number of benzene rings is 2. The van der Waals surface area contributed by atoms with Crippen molar-refractivity contribution in [3.63, 3.8) is 0 Å². The van der Waals surface area contributed by atoms with E-state index in [-0.39, 0.29) is 11.0 Å². The first-order valence-electron chi connectivity index (χ1n) is 11.6. The fraction of sp³-hybridized carbons (Fsp3) is 0.393. The second-order valence-corrected chi connectivity index (χ2v) is 13.8. The van der Waals surface area contributed by atoms with E-state index in [1.54, 1.807) is 0 Å². The molecule has 0 N–H and O–H groups in total. The van der Waals surface area contributed by atoms with Crippen molar-refractivity contribution in [3.05, 3.63) is 84.5 Å². The van der Waals surface area contributed by atoms with Crippen LogP contribution in [0.1, 0.15) is 47.0 Å². The Bertz CT molecular complexity index is 887. The lowest BCUT2D eigenvalue weighted by Crippen LogP contribution is -2.66. The van der Waals surface area contributed by atoms with Crippen molar-refractivity contribution >= 4 is 24.7 Å². The molecule has 4 heteroatoms. The molecule has 1 atom stereocenters. The molecule has 1 unspecified atom stereocenters. The summed E-state index contributed by atoms with van der Waals surface area (Å²) in [5.41, 5.74) is 1.34. The monoisotopic (exact) mass is 448 g/mol. The highest BCUT2D eigenvalue weighted by molar-refractivity contribution is 6.99. The van der Waals surface area contributed by atoms with Gasteiger partial charge in [0.1, 0.15) is 6.61 Å². The van der Waals surface area contributed by atoms with Crippen LogP contribution in [0, 0.1) is 5.92 Å². The molecule has 0 fully saturated rings. The summed E-state index contributed by atoms with van der Waals surface area (Å²) < 4.78 is 12.1. The van der Waals surface area contributed by atoms with Gasteiger partial charge in [0.2, 0.25) is 0 Å². The van der Waals surface area contributed by atoms with Crippen molar-refractivity contribution in [2.45, 2.75) is 52.0 Å². The molecule has 3 rings (SSSR count). The summed E-state index contributed by atoms with van der Waals surface area (Å²) in [6, 6.07) is 21.6. The van der Waals surface area contributed by atoms with E-state index < -0.39 is 8.32 Å². The molecular formula is C28H36O3Si. The second kappa shape index (κ2) is 10.9. The van der Waals surface area contributed by atoms with Gasteiger partial charge in [-0.25, -0.2) is 0 Å². The lowest BCUT2D eigenvalue weighted by molar-refractivity contribution is -0.139. The molecule has 1 aliphatic rings. The van der Waals surface area contributed by atoms with Crippen LogP contribution in [0.15, 0.2) is 84.5 Å². The maximum absolute atomic E-state index is 11.0. The Hall–Kier alpha value is -2.43. The van der Waals surface area contributed by atoms with Crippen LogP contribution in [-0.4, -0.2) is 27.5 Å². The van der Waals surface area contributed by atoms with E-state index in [0.717, 1.165) is 25.9 Å². The van der Waals surface area contributed by atoms with Gasteiger partial charge in [-0.15, -0.1) is 0 Å². The number of hydrogen-bond acceptors (Lipinski definition) is 3. The summed E-state index contributed by atoms with van der Waals surface area (Å²) in [7, 11) is -2.48. The van der Waals surface area contributed by atoms with Gasteiger partial charge < -0.3 is 9.16 Å². The lowest BCUT2D eigenvalue weighted by atomic mass is 9.98. The highest BCUT2D eigenvalue weighted by Gasteiger charge is 2.50. The van der Waals surface area contributed by atoms with Gasteiger partial charge in [-0.3, -0.25) is 4.79 Å². The first-order valence-corrected chi connectivity index (χ1v) is 13.5. The fourth-order valence-corrected chi connectivity index (χ4v) is 9.34. The Morgan fingerprint density at radius 3 is 2.16 bits per heavy atom. The Labute approximate surface area is 194 Å². The minimum atomic E-state index is -2.48. The van der Waals surface area contributed by atoms with Crippen LogP contribution in [0.5, 0.6) is 0 Å². The molecule has 0 bridgehead atoms. The molecule has 32 heavy (non-hydrogen) atoms. The molecule has 0 saturated carbocycles. The van der Waals surface area contributed by atoms with Crippen molar-refractivity contribution in [1.82, 2.24) is 0 Å². The largest absolute Gasteiger partial charge is 0.462 e. The summed E-state index contributed by atoms with van der Waals surface area (Å²) in [6.45, 7) is 9.45. The molecule has 2 aromatic rings. The summed E-state index contributed by atoms with van der Waals surface area (Å²) >= 11 is 0. The summed E-state index contributed by atoms with van der Waals surface area (Å²) in [5, 5.41) is 2.64. The molecule has 0 heterocycles. The molecule has 0 aliphatic heterocycles. The number of ether oxygens (including phenoxy) is 1. The third-order valence-electron chi connectivity index (χ3n) is 6.26. The number of esters is 1. The Morgan fingerprint density at radius 1 is 1.03 bits per heavy atom. The lowest BCUT2D eigenvalue weighted by Gasteiger charge is -2.43. The molecule has 0 radical (unpaired) electrons. The summed E-state index contributed by atoms with van der Waals surface area (Å²) in [4.78, 5) is 11.0. The standard InChI is InChI=1S/C28H36O3Si/c1-23(29)30-21-12-15-24-13-11-14-25(24)20-22-31-32(28(2,3)4,26-16-7-5-8-17-26)27-18-9-6-10-19-27/h5-10,12-13,15-19,25H,11,14,20-22H2,1-4H3/b15-12-. The van der Waals surface area contributed by atoms with Crippen molar-refractivity contribution < 1.29 is 14.0 Å². The van der Waals surface area contributed by atoms with Crippen molar-refractivity contribution in [3.8, 4) is 0 Å². The summed E-state index contributed by atoms with van der Waals surface area (Å²) in [5.74, 6) is 0.243. The van der Waals surface area contributed by atoms with Crippen LogP contribution in [0.2, 0.25) is 5.04 Å². The van der Waals surface area contributed by atoms with Gasteiger partial charge in [0, 0.05) is 13.5 Å². The second-order valence-electron chi connectivity index (χ2n) is 9.48. The normalized spacial score (nSPS) is 16.9. The Balaban J connectivity index is 1.78. The average Bonchev–Trinajstić information content (AvgIpc) is 3.22. The quantitative estimate of drug-likeness (QED) is 0.380. The topological polar surface area (TPSA) is 35.5 Å². The summed E-state index contributed by atoms with van der Waals surface area (Å²) in [6.07, 6.45) is 9.60. The number of allylic oxidation sites excluding steroid dienone is 3. The molecule has 0 spiro atoms. The third kappa shape index (κ3) is 5.67. The van der Waals surface area contributed by atoms with E-state index in [0.29, 0.717) is 12.5 Å². The van der Waals surface area contributed by atoms with Gasteiger partial charge in [-0.2, -0.15) is 0 Å².